The van der Waals surface area contributed by atoms with Gasteiger partial charge in [0.2, 0.25) is 11.4 Å². The first-order valence-corrected chi connectivity index (χ1v) is 12.1. The number of rotatable bonds is 3. The standard InChI is InChI=1S/C31H25F3N2O/c1-20-8-4-5-9-26(20)35-16-14-22-21(18-35)12-13-24-23-15-17-36(19-25(23)30(2,3)29(22)24)27-10-6-7-11-28(27)37-31(32,33)34/h4-19H,1-3H3/q+2. The number of aromatic nitrogens is 2. The van der Waals surface area contributed by atoms with E-state index in [1.54, 1.807) is 22.9 Å². The maximum atomic E-state index is 13.0. The maximum Gasteiger partial charge on any atom is 0.573 e. The molecule has 5 aromatic rings. The van der Waals surface area contributed by atoms with Crippen molar-refractivity contribution in [3.05, 3.63) is 114 Å². The molecule has 0 spiro atoms. The number of halogens is 3. The lowest BCUT2D eigenvalue weighted by Crippen LogP contribution is -2.33. The molecular weight excluding hydrogens is 473 g/mol. The molecule has 0 saturated carbocycles. The summed E-state index contributed by atoms with van der Waals surface area (Å²) in [7, 11) is 0. The van der Waals surface area contributed by atoms with Crippen molar-refractivity contribution in [3.63, 3.8) is 0 Å². The zero-order valence-electron chi connectivity index (χ0n) is 20.7. The van der Waals surface area contributed by atoms with Crippen molar-refractivity contribution in [1.82, 2.24) is 0 Å². The molecule has 1 aliphatic rings. The topological polar surface area (TPSA) is 17.0 Å². The number of nitrogens with zero attached hydrogens (tertiary/aromatic N) is 2. The molecule has 0 aliphatic heterocycles. The summed E-state index contributed by atoms with van der Waals surface area (Å²) in [5.74, 6) is -0.237. The molecule has 0 bridgehead atoms. The first kappa shape index (κ1) is 23.2. The summed E-state index contributed by atoms with van der Waals surface area (Å²) in [5.41, 5.74) is 6.80. The second-order valence-electron chi connectivity index (χ2n) is 9.95. The number of aryl methyl sites for hydroxylation is 1. The first-order valence-electron chi connectivity index (χ1n) is 12.1. The van der Waals surface area contributed by atoms with Crippen LogP contribution in [0, 0.1) is 6.92 Å². The van der Waals surface area contributed by atoms with Crippen LogP contribution < -0.4 is 13.9 Å². The van der Waals surface area contributed by atoms with Crippen LogP contribution in [-0.4, -0.2) is 6.36 Å². The lowest BCUT2D eigenvalue weighted by molar-refractivity contribution is -0.597. The van der Waals surface area contributed by atoms with E-state index >= 15 is 0 Å². The van der Waals surface area contributed by atoms with Crippen molar-refractivity contribution in [2.75, 3.05) is 0 Å². The molecule has 0 unspecified atom stereocenters. The Morgan fingerprint density at radius 2 is 1.41 bits per heavy atom. The number of fused-ring (bicyclic) bond motifs is 5. The summed E-state index contributed by atoms with van der Waals surface area (Å²) in [6.45, 7) is 6.44. The van der Waals surface area contributed by atoms with Crippen molar-refractivity contribution in [2.45, 2.75) is 32.5 Å². The Bertz CT molecular complexity index is 1690. The van der Waals surface area contributed by atoms with Gasteiger partial charge in [0.25, 0.3) is 5.69 Å². The van der Waals surface area contributed by atoms with Crippen molar-refractivity contribution in [1.29, 1.82) is 0 Å². The third kappa shape index (κ3) is 3.84. The highest BCUT2D eigenvalue weighted by Crippen LogP contribution is 2.50. The van der Waals surface area contributed by atoms with E-state index in [4.69, 9.17) is 0 Å². The van der Waals surface area contributed by atoms with E-state index in [0.717, 1.165) is 33.2 Å². The molecule has 3 aromatic carbocycles. The SMILES string of the molecule is Cc1ccccc1-[n+]1ccc2c3c(ccc2c1)-c1cc[n+](-c2ccccc2OC(F)(F)F)cc1C3(C)C. The van der Waals surface area contributed by atoms with Crippen molar-refractivity contribution in [3.8, 4) is 28.3 Å². The molecule has 2 aromatic heterocycles. The van der Waals surface area contributed by atoms with Gasteiger partial charge in [-0.2, -0.15) is 9.13 Å². The Kier molecular flexibility index (Phi) is 5.13. The average molecular weight is 499 g/mol. The fourth-order valence-electron chi connectivity index (χ4n) is 5.57. The Morgan fingerprint density at radius 3 is 2.16 bits per heavy atom. The highest BCUT2D eigenvalue weighted by Gasteiger charge is 2.40. The number of alkyl halides is 3. The van der Waals surface area contributed by atoms with Gasteiger partial charge >= 0.3 is 6.36 Å². The molecule has 1 aliphatic carbocycles. The van der Waals surface area contributed by atoms with Crippen LogP contribution in [0.3, 0.4) is 0 Å². The van der Waals surface area contributed by atoms with Gasteiger partial charge in [0.15, 0.2) is 24.8 Å². The summed E-state index contributed by atoms with van der Waals surface area (Å²) in [4.78, 5) is 0. The number of para-hydroxylation sites is 3. The minimum atomic E-state index is -4.77. The van der Waals surface area contributed by atoms with Gasteiger partial charge in [0.1, 0.15) is 0 Å². The predicted molar refractivity (Wildman–Crippen MR) is 136 cm³/mol. The average Bonchev–Trinajstić information content (AvgIpc) is 3.10. The Labute approximate surface area is 213 Å². The second-order valence-corrected chi connectivity index (χ2v) is 9.95. The highest BCUT2D eigenvalue weighted by molar-refractivity contribution is 5.96. The number of pyridine rings is 2. The van der Waals surface area contributed by atoms with Gasteiger partial charge in [-0.05, 0) is 41.1 Å². The Hall–Kier alpha value is -4.19. The number of hydrogen-bond donors (Lipinski definition) is 0. The summed E-state index contributed by atoms with van der Waals surface area (Å²) >= 11 is 0. The van der Waals surface area contributed by atoms with Gasteiger partial charge in [-0.25, -0.2) is 0 Å². The Morgan fingerprint density at radius 1 is 0.730 bits per heavy atom. The summed E-state index contributed by atoms with van der Waals surface area (Å²) in [6.07, 6.45) is 3.20. The van der Waals surface area contributed by atoms with E-state index in [2.05, 4.69) is 72.8 Å². The second kappa shape index (κ2) is 8.17. The van der Waals surface area contributed by atoms with E-state index in [1.807, 2.05) is 24.4 Å². The highest BCUT2D eigenvalue weighted by atomic mass is 19.4. The van der Waals surface area contributed by atoms with Gasteiger partial charge in [0, 0.05) is 46.2 Å². The van der Waals surface area contributed by atoms with E-state index in [0.29, 0.717) is 5.69 Å². The van der Waals surface area contributed by atoms with E-state index in [9.17, 15) is 13.2 Å². The third-order valence-electron chi connectivity index (χ3n) is 7.27. The van der Waals surface area contributed by atoms with Gasteiger partial charge < -0.3 is 4.74 Å². The van der Waals surface area contributed by atoms with Crippen LogP contribution in [-0.2, 0) is 5.41 Å². The molecule has 6 rings (SSSR count). The van der Waals surface area contributed by atoms with E-state index in [1.165, 1.54) is 23.3 Å². The largest absolute Gasteiger partial charge is 0.573 e. The van der Waals surface area contributed by atoms with Crippen LogP contribution >= 0.6 is 0 Å². The predicted octanol–water partition coefficient (Wildman–Crippen LogP) is 6.91. The maximum absolute atomic E-state index is 13.0. The van der Waals surface area contributed by atoms with Crippen molar-refractivity contribution in [2.24, 2.45) is 0 Å². The lowest BCUT2D eigenvalue weighted by atomic mass is 9.81. The lowest BCUT2D eigenvalue weighted by Gasteiger charge is -2.21. The molecule has 6 heteroatoms. The summed E-state index contributed by atoms with van der Waals surface area (Å²) in [5, 5.41) is 2.29. The summed E-state index contributed by atoms with van der Waals surface area (Å²) in [6, 6.07) is 22.9. The first-order chi connectivity index (χ1) is 17.6. The fourth-order valence-corrected chi connectivity index (χ4v) is 5.57. The fraction of sp³-hybridized carbons (Fsp3) is 0.161. The van der Waals surface area contributed by atoms with Crippen LogP contribution in [0.15, 0.2) is 97.6 Å². The van der Waals surface area contributed by atoms with Crippen molar-refractivity contribution < 1.29 is 27.0 Å². The van der Waals surface area contributed by atoms with E-state index < -0.39 is 6.36 Å². The van der Waals surface area contributed by atoms with Crippen LogP contribution in [0.5, 0.6) is 5.75 Å². The monoisotopic (exact) mass is 498 g/mol. The zero-order valence-corrected chi connectivity index (χ0v) is 20.7. The zero-order chi connectivity index (χ0) is 25.9. The molecular formula is C31H25F3N2O+2. The Balaban J connectivity index is 1.47. The van der Waals surface area contributed by atoms with Gasteiger partial charge in [-0.15, -0.1) is 13.2 Å². The van der Waals surface area contributed by atoms with Crippen LogP contribution in [0.1, 0.15) is 30.5 Å². The number of hydrogen-bond acceptors (Lipinski definition) is 1. The molecule has 0 N–H and O–H groups in total. The molecule has 0 fully saturated rings. The molecule has 37 heavy (non-hydrogen) atoms. The molecule has 0 amide bonds. The molecule has 2 heterocycles. The minimum absolute atomic E-state index is 0.237. The number of benzene rings is 3. The molecule has 3 nitrogen and oxygen atoms in total. The normalized spacial score (nSPS) is 13.9. The van der Waals surface area contributed by atoms with Gasteiger partial charge in [-0.3, -0.25) is 0 Å². The van der Waals surface area contributed by atoms with Gasteiger partial charge in [0.05, 0.1) is 0 Å². The quantitative estimate of drug-likeness (QED) is 0.247. The van der Waals surface area contributed by atoms with Crippen LogP contribution in [0.2, 0.25) is 0 Å². The smallest absolute Gasteiger partial charge is 0.399 e. The summed E-state index contributed by atoms with van der Waals surface area (Å²) < 4.78 is 47.3. The van der Waals surface area contributed by atoms with E-state index in [-0.39, 0.29) is 11.2 Å². The van der Waals surface area contributed by atoms with Crippen LogP contribution in [0.4, 0.5) is 13.2 Å². The molecule has 184 valence electrons. The molecule has 0 saturated heterocycles. The third-order valence-corrected chi connectivity index (χ3v) is 7.27. The van der Waals surface area contributed by atoms with Crippen LogP contribution in [0.25, 0.3) is 33.3 Å². The molecule has 0 atom stereocenters. The van der Waals surface area contributed by atoms with Crippen molar-refractivity contribution >= 4 is 10.8 Å². The van der Waals surface area contributed by atoms with Gasteiger partial charge in [-0.1, -0.05) is 50.2 Å². The number of ether oxygens (including phenoxy) is 1. The molecule has 0 radical (unpaired) electrons. The minimum Gasteiger partial charge on any atom is -0.399 e.